The lowest BCUT2D eigenvalue weighted by Crippen LogP contribution is -2.31. The van der Waals surface area contributed by atoms with Crippen molar-refractivity contribution in [3.8, 4) is 5.75 Å². The van der Waals surface area contributed by atoms with Crippen molar-refractivity contribution in [3.05, 3.63) is 23.8 Å². The van der Waals surface area contributed by atoms with E-state index >= 15 is 0 Å². The minimum atomic E-state index is -4.54. The molecule has 1 aliphatic rings. The van der Waals surface area contributed by atoms with Gasteiger partial charge in [0.15, 0.2) is 0 Å². The molecule has 0 bridgehead atoms. The van der Waals surface area contributed by atoms with Crippen LogP contribution in [0.5, 0.6) is 5.75 Å². The molecular weight excluding hydrogens is 260 g/mol. The number of hydrogen-bond acceptors (Lipinski definition) is 3. The fourth-order valence-electron chi connectivity index (χ4n) is 1.89. The van der Waals surface area contributed by atoms with Crippen LogP contribution in [0.25, 0.3) is 0 Å². The van der Waals surface area contributed by atoms with Crippen LogP contribution in [0.15, 0.2) is 18.2 Å². The molecule has 1 aliphatic carbocycles. The summed E-state index contributed by atoms with van der Waals surface area (Å²) in [5, 5.41) is 18.0. The van der Waals surface area contributed by atoms with Crippen LogP contribution in [0.4, 0.5) is 13.2 Å². The molecule has 0 unspecified atom stereocenters. The molecule has 2 N–H and O–H groups in total. The van der Waals surface area contributed by atoms with Gasteiger partial charge in [0.25, 0.3) is 0 Å². The van der Waals surface area contributed by atoms with E-state index in [-0.39, 0.29) is 11.2 Å². The SMILES string of the molecule is OB(O)c1cc(OCC2CCC2)cc(C(F)(F)F)c1. The molecule has 0 aliphatic heterocycles. The third-order valence-electron chi connectivity index (χ3n) is 3.26. The van der Waals surface area contributed by atoms with Gasteiger partial charge in [-0.05, 0) is 42.4 Å². The highest BCUT2D eigenvalue weighted by Gasteiger charge is 2.32. The van der Waals surface area contributed by atoms with Crippen molar-refractivity contribution in [2.45, 2.75) is 25.4 Å². The van der Waals surface area contributed by atoms with Gasteiger partial charge in [-0.15, -0.1) is 0 Å². The zero-order valence-corrected chi connectivity index (χ0v) is 10.2. The van der Waals surface area contributed by atoms with E-state index in [1.54, 1.807) is 0 Å². The van der Waals surface area contributed by atoms with Crippen molar-refractivity contribution in [2.24, 2.45) is 5.92 Å². The summed E-state index contributed by atoms with van der Waals surface area (Å²) < 4.78 is 43.3. The van der Waals surface area contributed by atoms with Gasteiger partial charge in [-0.2, -0.15) is 13.2 Å². The van der Waals surface area contributed by atoms with Crippen molar-refractivity contribution < 1.29 is 28.0 Å². The van der Waals surface area contributed by atoms with Gasteiger partial charge in [-0.1, -0.05) is 6.42 Å². The van der Waals surface area contributed by atoms with E-state index in [1.807, 2.05) is 0 Å². The highest BCUT2D eigenvalue weighted by atomic mass is 19.4. The Hall–Kier alpha value is -1.21. The van der Waals surface area contributed by atoms with Crippen molar-refractivity contribution in [1.82, 2.24) is 0 Å². The van der Waals surface area contributed by atoms with Crippen molar-refractivity contribution >= 4 is 12.6 Å². The largest absolute Gasteiger partial charge is 0.493 e. The van der Waals surface area contributed by atoms with E-state index in [9.17, 15) is 13.2 Å². The summed E-state index contributed by atoms with van der Waals surface area (Å²) in [5.74, 6) is 0.405. The zero-order chi connectivity index (χ0) is 14.0. The van der Waals surface area contributed by atoms with Gasteiger partial charge in [0.05, 0.1) is 12.2 Å². The second-order valence-electron chi connectivity index (χ2n) is 4.77. The van der Waals surface area contributed by atoms with Crippen LogP contribution in [0.3, 0.4) is 0 Å². The van der Waals surface area contributed by atoms with Crippen LogP contribution < -0.4 is 10.2 Å². The summed E-state index contributed by atoms with van der Waals surface area (Å²) in [5.41, 5.74) is -1.17. The number of benzene rings is 1. The zero-order valence-electron chi connectivity index (χ0n) is 10.2. The second-order valence-corrected chi connectivity index (χ2v) is 4.77. The summed E-state index contributed by atoms with van der Waals surface area (Å²) in [6.07, 6.45) is -1.38. The molecule has 1 saturated carbocycles. The molecule has 1 aromatic carbocycles. The normalized spacial score (nSPS) is 16.1. The predicted molar refractivity (Wildman–Crippen MR) is 64.1 cm³/mol. The van der Waals surface area contributed by atoms with E-state index in [4.69, 9.17) is 14.8 Å². The molecule has 3 nitrogen and oxygen atoms in total. The van der Waals surface area contributed by atoms with Gasteiger partial charge in [-0.3, -0.25) is 0 Å². The maximum Gasteiger partial charge on any atom is 0.488 e. The Balaban J connectivity index is 2.18. The van der Waals surface area contributed by atoms with Crippen LogP contribution in [-0.4, -0.2) is 23.8 Å². The topological polar surface area (TPSA) is 49.7 Å². The van der Waals surface area contributed by atoms with Crippen molar-refractivity contribution in [2.75, 3.05) is 6.61 Å². The molecule has 0 heterocycles. The van der Waals surface area contributed by atoms with E-state index in [1.165, 1.54) is 6.07 Å². The monoisotopic (exact) mass is 274 g/mol. The Morgan fingerprint density at radius 3 is 2.37 bits per heavy atom. The summed E-state index contributed by atoms with van der Waals surface area (Å²) >= 11 is 0. The quantitative estimate of drug-likeness (QED) is 0.819. The molecule has 0 atom stereocenters. The number of ether oxygens (including phenoxy) is 1. The lowest BCUT2D eigenvalue weighted by atomic mass is 9.79. The maximum atomic E-state index is 12.7. The van der Waals surface area contributed by atoms with Crippen LogP contribution in [-0.2, 0) is 6.18 Å². The highest BCUT2D eigenvalue weighted by molar-refractivity contribution is 6.58. The number of alkyl halides is 3. The summed E-state index contributed by atoms with van der Waals surface area (Å²) in [6.45, 7) is 0.363. The molecule has 1 fully saturated rings. The smallest absolute Gasteiger partial charge is 0.488 e. The fourth-order valence-corrected chi connectivity index (χ4v) is 1.89. The number of rotatable bonds is 4. The predicted octanol–water partition coefficient (Wildman–Crippen LogP) is 1.56. The van der Waals surface area contributed by atoms with Gasteiger partial charge < -0.3 is 14.8 Å². The Bertz CT molecular complexity index is 444. The Morgan fingerprint density at radius 1 is 1.21 bits per heavy atom. The number of hydrogen-bond donors (Lipinski definition) is 2. The molecule has 0 amide bonds. The first kappa shape index (κ1) is 14.2. The molecule has 0 radical (unpaired) electrons. The standard InChI is InChI=1S/C12H14BF3O3/c14-12(15,16)9-4-10(13(17)18)6-11(5-9)19-7-8-2-1-3-8/h4-6,8,17-18H,1-3,7H2. The third-order valence-corrected chi connectivity index (χ3v) is 3.26. The molecular formula is C12H14BF3O3. The molecule has 1 aromatic rings. The van der Waals surface area contributed by atoms with E-state index in [0.717, 1.165) is 25.3 Å². The lowest BCUT2D eigenvalue weighted by molar-refractivity contribution is -0.137. The first-order valence-electron chi connectivity index (χ1n) is 6.07. The fraction of sp³-hybridized carbons (Fsp3) is 0.500. The minimum Gasteiger partial charge on any atom is -0.493 e. The van der Waals surface area contributed by atoms with E-state index in [2.05, 4.69) is 0 Å². The molecule has 2 rings (SSSR count). The van der Waals surface area contributed by atoms with Crippen molar-refractivity contribution in [1.29, 1.82) is 0 Å². The lowest BCUT2D eigenvalue weighted by Gasteiger charge is -2.25. The van der Waals surface area contributed by atoms with Crippen molar-refractivity contribution in [3.63, 3.8) is 0 Å². The molecule has 0 aromatic heterocycles. The van der Waals surface area contributed by atoms with Crippen LogP contribution in [0.2, 0.25) is 0 Å². The molecule has 0 saturated heterocycles. The third kappa shape index (κ3) is 3.64. The van der Waals surface area contributed by atoms with Gasteiger partial charge in [0.2, 0.25) is 0 Å². The second kappa shape index (κ2) is 5.42. The average Bonchev–Trinajstić information content (AvgIpc) is 2.25. The Kier molecular flexibility index (Phi) is 4.06. The Labute approximate surface area is 109 Å². The number of halogens is 3. The first-order chi connectivity index (χ1) is 8.86. The van der Waals surface area contributed by atoms with Crippen LogP contribution in [0.1, 0.15) is 24.8 Å². The Morgan fingerprint density at radius 2 is 1.89 bits per heavy atom. The molecule has 104 valence electrons. The van der Waals surface area contributed by atoms with Crippen LogP contribution >= 0.6 is 0 Å². The summed E-state index contributed by atoms with van der Waals surface area (Å²) in [7, 11) is -1.95. The maximum absolute atomic E-state index is 12.7. The summed E-state index contributed by atoms with van der Waals surface area (Å²) in [4.78, 5) is 0. The van der Waals surface area contributed by atoms with E-state index < -0.39 is 18.9 Å². The average molecular weight is 274 g/mol. The molecule has 0 spiro atoms. The molecule has 19 heavy (non-hydrogen) atoms. The van der Waals surface area contributed by atoms with Gasteiger partial charge >= 0.3 is 13.3 Å². The van der Waals surface area contributed by atoms with Crippen LogP contribution in [0, 0.1) is 5.92 Å². The van der Waals surface area contributed by atoms with Gasteiger partial charge in [-0.25, -0.2) is 0 Å². The minimum absolute atomic E-state index is 0.0184. The first-order valence-corrected chi connectivity index (χ1v) is 6.07. The summed E-state index contributed by atoms with van der Waals surface area (Å²) in [6, 6.07) is 2.81. The molecule has 7 heteroatoms. The van der Waals surface area contributed by atoms with Gasteiger partial charge in [0.1, 0.15) is 5.75 Å². The highest BCUT2D eigenvalue weighted by Crippen LogP contribution is 2.32. The van der Waals surface area contributed by atoms with Gasteiger partial charge in [0, 0.05) is 0 Å². The van der Waals surface area contributed by atoms with E-state index in [0.29, 0.717) is 18.6 Å².